The molecule has 106 valence electrons. The summed E-state index contributed by atoms with van der Waals surface area (Å²) >= 11 is 6.19. The van der Waals surface area contributed by atoms with Crippen LogP contribution >= 0.6 is 11.6 Å². The van der Waals surface area contributed by atoms with Crippen molar-refractivity contribution < 1.29 is 0 Å². The van der Waals surface area contributed by atoms with Crippen LogP contribution in [0.3, 0.4) is 0 Å². The van der Waals surface area contributed by atoms with Crippen LogP contribution in [0.5, 0.6) is 0 Å². The van der Waals surface area contributed by atoms with E-state index in [-0.39, 0.29) is 0 Å². The molecule has 1 heterocycles. The number of fused-ring (bicyclic) bond motifs is 3. The molecule has 4 rings (SSSR count). The lowest BCUT2D eigenvalue weighted by atomic mass is 9.77. The summed E-state index contributed by atoms with van der Waals surface area (Å²) < 4.78 is 0. The first kappa shape index (κ1) is 13.0. The molecule has 0 unspecified atom stereocenters. The van der Waals surface area contributed by atoms with Gasteiger partial charge in [0.05, 0.1) is 6.04 Å². The molecular formula is C19H18ClN. The Morgan fingerprint density at radius 1 is 1.10 bits per heavy atom. The van der Waals surface area contributed by atoms with Gasteiger partial charge in [-0.15, -0.1) is 0 Å². The van der Waals surface area contributed by atoms with Crippen molar-refractivity contribution in [3.8, 4) is 0 Å². The van der Waals surface area contributed by atoms with Gasteiger partial charge < -0.3 is 5.32 Å². The fraction of sp³-hybridized carbons (Fsp3) is 0.263. The van der Waals surface area contributed by atoms with Crippen LogP contribution in [0.2, 0.25) is 5.02 Å². The fourth-order valence-corrected chi connectivity index (χ4v) is 3.85. The molecule has 1 N–H and O–H groups in total. The Bertz CT molecular complexity index is 702. The second-order valence-corrected chi connectivity index (χ2v) is 6.55. The minimum Gasteiger partial charge on any atom is -0.378 e. The predicted molar refractivity (Wildman–Crippen MR) is 89.0 cm³/mol. The highest BCUT2D eigenvalue weighted by Crippen LogP contribution is 2.50. The molecule has 0 aromatic heterocycles. The van der Waals surface area contributed by atoms with Crippen LogP contribution in [0, 0.1) is 12.8 Å². The number of anilines is 1. The molecule has 2 aliphatic rings. The lowest BCUT2D eigenvalue weighted by Gasteiger charge is -2.37. The minimum absolute atomic E-state index is 0.374. The van der Waals surface area contributed by atoms with Crippen molar-refractivity contribution in [3.05, 3.63) is 76.3 Å². The molecule has 1 aliphatic heterocycles. The summed E-state index contributed by atoms with van der Waals surface area (Å²) in [4.78, 5) is 0. The Labute approximate surface area is 130 Å². The van der Waals surface area contributed by atoms with Crippen LogP contribution in [0.15, 0.2) is 54.6 Å². The Hall–Kier alpha value is -1.73. The number of allylic oxidation sites excluding steroid dienone is 2. The van der Waals surface area contributed by atoms with E-state index >= 15 is 0 Å². The predicted octanol–water partition coefficient (Wildman–Crippen LogP) is 5.47. The molecule has 1 aliphatic carbocycles. The first-order valence-electron chi connectivity index (χ1n) is 7.51. The van der Waals surface area contributed by atoms with E-state index in [2.05, 4.69) is 60.8 Å². The van der Waals surface area contributed by atoms with Gasteiger partial charge in [-0.1, -0.05) is 53.6 Å². The maximum atomic E-state index is 6.19. The van der Waals surface area contributed by atoms with Gasteiger partial charge in [0.1, 0.15) is 0 Å². The van der Waals surface area contributed by atoms with E-state index in [4.69, 9.17) is 11.6 Å². The van der Waals surface area contributed by atoms with Gasteiger partial charge in [-0.3, -0.25) is 0 Å². The van der Waals surface area contributed by atoms with Crippen molar-refractivity contribution in [2.24, 2.45) is 5.92 Å². The van der Waals surface area contributed by atoms with Gasteiger partial charge in [0.15, 0.2) is 0 Å². The molecule has 0 radical (unpaired) electrons. The Morgan fingerprint density at radius 2 is 1.90 bits per heavy atom. The van der Waals surface area contributed by atoms with Crippen LogP contribution in [0.25, 0.3) is 0 Å². The van der Waals surface area contributed by atoms with E-state index in [1.54, 1.807) is 0 Å². The highest BCUT2D eigenvalue weighted by Gasteiger charge is 2.37. The largest absolute Gasteiger partial charge is 0.378 e. The molecule has 0 fully saturated rings. The number of hydrogen-bond acceptors (Lipinski definition) is 1. The van der Waals surface area contributed by atoms with Crippen molar-refractivity contribution in [1.29, 1.82) is 0 Å². The third-order valence-corrected chi connectivity index (χ3v) is 5.00. The lowest BCUT2D eigenvalue weighted by Crippen LogP contribution is -2.29. The van der Waals surface area contributed by atoms with Crippen LogP contribution in [-0.2, 0) is 0 Å². The van der Waals surface area contributed by atoms with E-state index < -0.39 is 0 Å². The molecule has 0 bridgehead atoms. The van der Waals surface area contributed by atoms with Gasteiger partial charge in [0.25, 0.3) is 0 Å². The number of nitrogens with one attached hydrogen (secondary N) is 1. The van der Waals surface area contributed by atoms with Crippen LogP contribution in [0.4, 0.5) is 5.69 Å². The van der Waals surface area contributed by atoms with Gasteiger partial charge in [0, 0.05) is 16.6 Å². The van der Waals surface area contributed by atoms with Crippen LogP contribution < -0.4 is 5.32 Å². The molecule has 21 heavy (non-hydrogen) atoms. The molecule has 2 aromatic rings. The van der Waals surface area contributed by atoms with Crippen LogP contribution in [0.1, 0.15) is 35.1 Å². The number of aryl methyl sites for hydroxylation is 1. The van der Waals surface area contributed by atoms with Gasteiger partial charge in [-0.25, -0.2) is 0 Å². The highest BCUT2D eigenvalue weighted by atomic mass is 35.5. The van der Waals surface area contributed by atoms with Crippen molar-refractivity contribution >= 4 is 17.3 Å². The van der Waals surface area contributed by atoms with E-state index in [0.717, 1.165) is 11.4 Å². The standard InChI is InChI=1S/C19H18ClN/c1-12-5-7-13(8-6-12)19-16-4-2-3-15(16)17-11-14(20)9-10-18(17)21-19/h2-3,5-11,15-16,19,21H,4H2,1H3/t15-,16+,19+/m1/s1. The van der Waals surface area contributed by atoms with E-state index in [0.29, 0.717) is 17.9 Å². The molecule has 0 spiro atoms. The minimum atomic E-state index is 0.374. The molecule has 0 saturated carbocycles. The summed E-state index contributed by atoms with van der Waals surface area (Å²) in [7, 11) is 0. The number of benzene rings is 2. The van der Waals surface area contributed by atoms with Crippen molar-refractivity contribution in [3.63, 3.8) is 0 Å². The lowest BCUT2D eigenvalue weighted by molar-refractivity contribution is 0.425. The molecule has 3 atom stereocenters. The fourth-order valence-electron chi connectivity index (χ4n) is 3.67. The first-order valence-corrected chi connectivity index (χ1v) is 7.89. The third-order valence-electron chi connectivity index (χ3n) is 4.76. The average molecular weight is 296 g/mol. The molecule has 0 amide bonds. The quantitative estimate of drug-likeness (QED) is 0.687. The van der Waals surface area contributed by atoms with Gasteiger partial charge in [0.2, 0.25) is 0 Å². The summed E-state index contributed by atoms with van der Waals surface area (Å²) in [6, 6.07) is 15.5. The van der Waals surface area contributed by atoms with Crippen molar-refractivity contribution in [2.75, 3.05) is 5.32 Å². The zero-order valence-electron chi connectivity index (χ0n) is 12.0. The normalized spacial score (nSPS) is 26.1. The molecule has 2 heteroatoms. The number of halogens is 1. The molecule has 2 aromatic carbocycles. The van der Waals surface area contributed by atoms with Crippen molar-refractivity contribution in [1.82, 2.24) is 0 Å². The van der Waals surface area contributed by atoms with Crippen molar-refractivity contribution in [2.45, 2.75) is 25.3 Å². The SMILES string of the molecule is Cc1ccc([C@@H]2Nc3ccc(Cl)cc3[C@@H]3C=CC[C@@H]32)cc1. The summed E-state index contributed by atoms with van der Waals surface area (Å²) in [5.41, 5.74) is 5.24. The summed E-state index contributed by atoms with van der Waals surface area (Å²) in [5.74, 6) is 1.06. The monoisotopic (exact) mass is 295 g/mol. The topological polar surface area (TPSA) is 12.0 Å². The van der Waals surface area contributed by atoms with E-state index in [1.165, 1.54) is 22.4 Å². The average Bonchev–Trinajstić information content (AvgIpc) is 2.97. The summed E-state index contributed by atoms with van der Waals surface area (Å²) in [6.07, 6.45) is 5.79. The van der Waals surface area contributed by atoms with Gasteiger partial charge in [-0.2, -0.15) is 0 Å². The summed E-state index contributed by atoms with van der Waals surface area (Å²) in [6.45, 7) is 2.13. The van der Waals surface area contributed by atoms with Gasteiger partial charge >= 0.3 is 0 Å². The smallest absolute Gasteiger partial charge is 0.0553 e. The summed E-state index contributed by atoms with van der Waals surface area (Å²) in [5, 5.41) is 4.56. The molecule has 1 nitrogen and oxygen atoms in total. The Balaban J connectivity index is 1.78. The zero-order chi connectivity index (χ0) is 14.4. The van der Waals surface area contributed by atoms with E-state index in [1.807, 2.05) is 6.07 Å². The number of hydrogen-bond donors (Lipinski definition) is 1. The number of rotatable bonds is 1. The molecular weight excluding hydrogens is 278 g/mol. The second kappa shape index (κ2) is 4.92. The molecule has 0 saturated heterocycles. The first-order chi connectivity index (χ1) is 10.2. The Kier molecular flexibility index (Phi) is 3.04. The Morgan fingerprint density at radius 3 is 2.71 bits per heavy atom. The highest BCUT2D eigenvalue weighted by molar-refractivity contribution is 6.30. The zero-order valence-corrected chi connectivity index (χ0v) is 12.8. The second-order valence-electron chi connectivity index (χ2n) is 6.12. The maximum absolute atomic E-state index is 6.19. The van der Waals surface area contributed by atoms with Gasteiger partial charge in [-0.05, 0) is 48.6 Å². The maximum Gasteiger partial charge on any atom is 0.0553 e. The van der Waals surface area contributed by atoms with Crippen LogP contribution in [-0.4, -0.2) is 0 Å². The third kappa shape index (κ3) is 2.16. The van der Waals surface area contributed by atoms with E-state index in [9.17, 15) is 0 Å².